The summed E-state index contributed by atoms with van der Waals surface area (Å²) in [5.74, 6) is -0.359. The van der Waals surface area contributed by atoms with E-state index in [1.54, 1.807) is 23.8 Å². The Balaban J connectivity index is 2.15. The number of carbonyl (C=O) groups is 2. The highest BCUT2D eigenvalue weighted by molar-refractivity contribution is 6.06. The first-order valence-corrected chi connectivity index (χ1v) is 6.88. The van der Waals surface area contributed by atoms with Gasteiger partial charge in [-0.2, -0.15) is 0 Å². The van der Waals surface area contributed by atoms with Crippen LogP contribution in [0.15, 0.2) is 23.1 Å². The van der Waals surface area contributed by atoms with E-state index in [-0.39, 0.29) is 23.8 Å². The SMILES string of the molecule is CCCn1cc(NC2CC(=O)N(CC)C2=O)ccc1=O. The molecule has 1 saturated heterocycles. The summed E-state index contributed by atoms with van der Waals surface area (Å²) >= 11 is 0. The van der Waals surface area contributed by atoms with Crippen molar-refractivity contribution < 1.29 is 9.59 Å². The van der Waals surface area contributed by atoms with E-state index in [2.05, 4.69) is 5.32 Å². The summed E-state index contributed by atoms with van der Waals surface area (Å²) in [4.78, 5) is 36.5. The van der Waals surface area contributed by atoms with Crippen molar-refractivity contribution in [3.8, 4) is 0 Å². The smallest absolute Gasteiger partial charge is 0.252 e. The standard InChI is InChI=1S/C14H19N3O3/c1-3-7-16-9-10(5-6-12(16)18)15-11-8-13(19)17(4-2)14(11)20/h5-6,9,11,15H,3-4,7-8H2,1-2H3. The van der Waals surface area contributed by atoms with E-state index < -0.39 is 6.04 Å². The molecular weight excluding hydrogens is 258 g/mol. The predicted molar refractivity (Wildman–Crippen MR) is 75.4 cm³/mol. The van der Waals surface area contributed by atoms with Gasteiger partial charge in [0.15, 0.2) is 0 Å². The maximum absolute atomic E-state index is 12.0. The molecule has 2 rings (SSSR count). The number of nitrogens with one attached hydrogen (secondary N) is 1. The van der Waals surface area contributed by atoms with Crippen molar-refractivity contribution in [1.82, 2.24) is 9.47 Å². The van der Waals surface area contributed by atoms with E-state index in [4.69, 9.17) is 0 Å². The molecule has 6 nitrogen and oxygen atoms in total. The second-order valence-electron chi connectivity index (χ2n) is 4.83. The molecular formula is C14H19N3O3. The van der Waals surface area contributed by atoms with Crippen molar-refractivity contribution in [3.05, 3.63) is 28.7 Å². The lowest BCUT2D eigenvalue weighted by Crippen LogP contribution is -2.34. The normalized spacial score (nSPS) is 18.7. The van der Waals surface area contributed by atoms with Gasteiger partial charge in [0.1, 0.15) is 6.04 Å². The second-order valence-corrected chi connectivity index (χ2v) is 4.83. The van der Waals surface area contributed by atoms with Crippen molar-refractivity contribution in [2.45, 2.75) is 39.3 Å². The lowest BCUT2D eigenvalue weighted by Gasteiger charge is -2.15. The van der Waals surface area contributed by atoms with Crippen LogP contribution in [-0.4, -0.2) is 33.9 Å². The zero-order chi connectivity index (χ0) is 14.7. The van der Waals surface area contributed by atoms with E-state index in [9.17, 15) is 14.4 Å². The van der Waals surface area contributed by atoms with Gasteiger partial charge in [-0.3, -0.25) is 19.3 Å². The fourth-order valence-corrected chi connectivity index (χ4v) is 2.36. The third-order valence-electron chi connectivity index (χ3n) is 3.35. The molecule has 1 fully saturated rings. The van der Waals surface area contributed by atoms with Gasteiger partial charge in [-0.05, 0) is 19.4 Å². The Morgan fingerprint density at radius 3 is 2.60 bits per heavy atom. The minimum Gasteiger partial charge on any atom is -0.372 e. The molecule has 1 aliphatic rings. The van der Waals surface area contributed by atoms with E-state index in [0.29, 0.717) is 18.8 Å². The summed E-state index contributed by atoms with van der Waals surface area (Å²) in [7, 11) is 0. The minimum atomic E-state index is -0.532. The number of nitrogens with zero attached hydrogens (tertiary/aromatic N) is 2. The average molecular weight is 277 g/mol. The van der Waals surface area contributed by atoms with Crippen molar-refractivity contribution in [2.75, 3.05) is 11.9 Å². The molecule has 1 N–H and O–H groups in total. The molecule has 108 valence electrons. The Bertz CT molecular complexity index is 579. The number of carbonyl (C=O) groups excluding carboxylic acids is 2. The molecule has 0 bridgehead atoms. The number of aromatic nitrogens is 1. The molecule has 1 aliphatic heterocycles. The van der Waals surface area contributed by atoms with Crippen molar-refractivity contribution >= 4 is 17.5 Å². The quantitative estimate of drug-likeness (QED) is 0.809. The van der Waals surface area contributed by atoms with Crippen LogP contribution >= 0.6 is 0 Å². The Morgan fingerprint density at radius 2 is 2.00 bits per heavy atom. The Kier molecular flexibility index (Phi) is 4.22. The molecule has 0 aromatic carbocycles. The van der Waals surface area contributed by atoms with Crippen LogP contribution in [-0.2, 0) is 16.1 Å². The van der Waals surface area contributed by atoms with Crippen LogP contribution < -0.4 is 10.9 Å². The molecule has 0 spiro atoms. The van der Waals surface area contributed by atoms with Gasteiger partial charge in [0.2, 0.25) is 5.91 Å². The molecule has 0 aliphatic carbocycles. The van der Waals surface area contributed by atoms with Gasteiger partial charge in [-0.1, -0.05) is 6.92 Å². The van der Waals surface area contributed by atoms with Crippen molar-refractivity contribution in [3.63, 3.8) is 0 Å². The first-order chi connectivity index (χ1) is 9.56. The Hall–Kier alpha value is -2.11. The summed E-state index contributed by atoms with van der Waals surface area (Å²) in [6, 6.07) is 2.58. The number of pyridine rings is 1. The van der Waals surface area contributed by atoms with Crippen LogP contribution in [0, 0.1) is 0 Å². The van der Waals surface area contributed by atoms with Crippen LogP contribution in [0.25, 0.3) is 0 Å². The highest BCUT2D eigenvalue weighted by Gasteiger charge is 2.37. The molecule has 2 heterocycles. The number of likely N-dealkylation sites (N-methyl/N-ethyl adjacent to an activating group) is 1. The maximum atomic E-state index is 12.0. The van der Waals surface area contributed by atoms with Crippen LogP contribution in [0.5, 0.6) is 0 Å². The fraction of sp³-hybridized carbons (Fsp3) is 0.500. The molecule has 1 unspecified atom stereocenters. The van der Waals surface area contributed by atoms with Gasteiger partial charge >= 0.3 is 0 Å². The van der Waals surface area contributed by atoms with Crippen LogP contribution in [0.1, 0.15) is 26.7 Å². The highest BCUT2D eigenvalue weighted by atomic mass is 16.2. The molecule has 1 aromatic rings. The van der Waals surface area contributed by atoms with Gasteiger partial charge in [0, 0.05) is 25.4 Å². The summed E-state index contributed by atoms with van der Waals surface area (Å²) in [6.45, 7) is 4.79. The summed E-state index contributed by atoms with van der Waals surface area (Å²) in [5, 5.41) is 3.04. The zero-order valence-corrected chi connectivity index (χ0v) is 11.8. The number of hydrogen-bond acceptors (Lipinski definition) is 4. The van der Waals surface area contributed by atoms with Gasteiger partial charge in [0.25, 0.3) is 11.5 Å². The number of imide groups is 1. The number of amides is 2. The Morgan fingerprint density at radius 1 is 1.25 bits per heavy atom. The summed E-state index contributed by atoms with van der Waals surface area (Å²) in [6.07, 6.45) is 2.71. The van der Waals surface area contributed by atoms with E-state index in [0.717, 1.165) is 6.42 Å². The number of anilines is 1. The van der Waals surface area contributed by atoms with Crippen LogP contribution in [0.2, 0.25) is 0 Å². The lowest BCUT2D eigenvalue weighted by molar-refractivity contribution is -0.138. The number of hydrogen-bond donors (Lipinski definition) is 1. The van der Waals surface area contributed by atoms with Gasteiger partial charge in [-0.15, -0.1) is 0 Å². The Labute approximate surface area is 117 Å². The van der Waals surface area contributed by atoms with Crippen LogP contribution in [0.4, 0.5) is 5.69 Å². The van der Waals surface area contributed by atoms with Crippen LogP contribution in [0.3, 0.4) is 0 Å². The predicted octanol–water partition coefficient (Wildman–Crippen LogP) is 0.818. The topological polar surface area (TPSA) is 71.4 Å². The highest BCUT2D eigenvalue weighted by Crippen LogP contribution is 2.17. The van der Waals surface area contributed by atoms with E-state index in [1.807, 2.05) is 6.92 Å². The zero-order valence-electron chi connectivity index (χ0n) is 11.8. The first-order valence-electron chi connectivity index (χ1n) is 6.88. The second kappa shape index (κ2) is 5.90. The van der Waals surface area contributed by atoms with Gasteiger partial charge < -0.3 is 9.88 Å². The van der Waals surface area contributed by atoms with Crippen molar-refractivity contribution in [2.24, 2.45) is 0 Å². The summed E-state index contributed by atoms with van der Waals surface area (Å²) in [5.41, 5.74) is 0.614. The third kappa shape index (κ3) is 2.74. The average Bonchev–Trinajstić information content (AvgIpc) is 2.68. The van der Waals surface area contributed by atoms with Gasteiger partial charge in [0.05, 0.1) is 12.1 Å². The molecule has 1 aromatic heterocycles. The largest absolute Gasteiger partial charge is 0.372 e. The number of likely N-dealkylation sites (tertiary alicyclic amines) is 1. The molecule has 6 heteroatoms. The van der Waals surface area contributed by atoms with E-state index >= 15 is 0 Å². The number of aryl methyl sites for hydroxylation is 1. The maximum Gasteiger partial charge on any atom is 0.252 e. The lowest BCUT2D eigenvalue weighted by atomic mass is 10.2. The molecule has 1 atom stereocenters. The van der Waals surface area contributed by atoms with Crippen molar-refractivity contribution in [1.29, 1.82) is 0 Å². The van der Waals surface area contributed by atoms with E-state index in [1.165, 1.54) is 11.0 Å². The number of rotatable bonds is 5. The first kappa shape index (κ1) is 14.3. The fourth-order valence-electron chi connectivity index (χ4n) is 2.36. The molecule has 0 saturated carbocycles. The summed E-state index contributed by atoms with van der Waals surface area (Å²) < 4.78 is 1.60. The monoisotopic (exact) mass is 277 g/mol. The molecule has 20 heavy (non-hydrogen) atoms. The molecule has 0 radical (unpaired) electrons. The van der Waals surface area contributed by atoms with Gasteiger partial charge in [-0.25, -0.2) is 0 Å². The molecule has 2 amide bonds. The third-order valence-corrected chi connectivity index (χ3v) is 3.35. The minimum absolute atomic E-state index is 0.0681.